The van der Waals surface area contributed by atoms with Crippen molar-refractivity contribution < 1.29 is 14.0 Å². The summed E-state index contributed by atoms with van der Waals surface area (Å²) in [5, 5.41) is 6.07. The third-order valence-corrected chi connectivity index (χ3v) is 5.07. The highest BCUT2D eigenvalue weighted by Crippen LogP contribution is 2.35. The van der Waals surface area contributed by atoms with Crippen LogP contribution < -0.4 is 4.74 Å². The molecule has 29 heavy (non-hydrogen) atoms. The second kappa shape index (κ2) is 7.31. The number of pyridine rings is 2. The summed E-state index contributed by atoms with van der Waals surface area (Å²) in [7, 11) is 1.66. The predicted molar refractivity (Wildman–Crippen MR) is 112 cm³/mol. The van der Waals surface area contributed by atoms with Gasteiger partial charge >= 0.3 is 0 Å². The Morgan fingerprint density at radius 2 is 2.00 bits per heavy atom. The number of aromatic nitrogens is 4. The molecule has 4 heterocycles. The van der Waals surface area contributed by atoms with Crippen LogP contribution in [0.3, 0.4) is 0 Å². The molecule has 0 atom stereocenters. The lowest BCUT2D eigenvalue weighted by atomic mass is 10.0. The maximum absolute atomic E-state index is 5.94. The van der Waals surface area contributed by atoms with Gasteiger partial charge in [0.15, 0.2) is 0 Å². The molecule has 0 radical (unpaired) electrons. The van der Waals surface area contributed by atoms with Crippen molar-refractivity contribution in [3.8, 4) is 23.0 Å². The number of methoxy groups -OCH3 is 1. The number of nitrogens with one attached hydrogen (secondary N) is 1. The van der Waals surface area contributed by atoms with E-state index in [0.717, 1.165) is 37.5 Å². The van der Waals surface area contributed by atoms with E-state index in [1.165, 1.54) is 6.26 Å². The quantitative estimate of drug-likeness (QED) is 0.382. The highest BCUT2D eigenvalue weighted by Gasteiger charge is 2.18. The Bertz CT molecular complexity index is 1300. The zero-order chi connectivity index (χ0) is 19.8. The van der Waals surface area contributed by atoms with E-state index in [0.29, 0.717) is 23.9 Å². The second-order valence-electron chi connectivity index (χ2n) is 6.44. The number of hydrogen-bond acceptors (Lipinski definition) is 6. The molecule has 0 aliphatic rings. The van der Waals surface area contributed by atoms with Crippen molar-refractivity contribution in [2.24, 2.45) is 0 Å². The van der Waals surface area contributed by atoms with Gasteiger partial charge in [-0.3, -0.25) is 4.98 Å². The van der Waals surface area contributed by atoms with E-state index < -0.39 is 0 Å². The van der Waals surface area contributed by atoms with Crippen LogP contribution >= 0.6 is 15.9 Å². The van der Waals surface area contributed by atoms with Crippen LogP contribution in [0.1, 0.15) is 5.56 Å². The van der Waals surface area contributed by atoms with Gasteiger partial charge in [-0.1, -0.05) is 5.16 Å². The summed E-state index contributed by atoms with van der Waals surface area (Å²) in [6, 6.07) is 11.4. The van der Waals surface area contributed by atoms with Crippen LogP contribution in [0.2, 0.25) is 0 Å². The Morgan fingerprint density at radius 1 is 1.07 bits per heavy atom. The monoisotopic (exact) mass is 450 g/mol. The molecule has 7 nitrogen and oxygen atoms in total. The summed E-state index contributed by atoms with van der Waals surface area (Å²) in [5.41, 5.74) is 4.23. The number of ether oxygens (including phenoxy) is 2. The van der Waals surface area contributed by atoms with Gasteiger partial charge in [0.1, 0.15) is 17.7 Å². The molecule has 0 saturated carbocycles. The SMILES string of the molecule is COCc1c(-c2ccon2)ncc2[nH]c3ccc(Oc4ccc(Br)cn4)cc3c12. The summed E-state index contributed by atoms with van der Waals surface area (Å²) in [6.45, 7) is 0.388. The Kier molecular flexibility index (Phi) is 4.49. The number of halogens is 1. The van der Waals surface area contributed by atoms with Gasteiger partial charge in [0, 0.05) is 51.8 Å². The van der Waals surface area contributed by atoms with Gasteiger partial charge in [-0.05, 0) is 40.2 Å². The Labute approximate surface area is 173 Å². The largest absolute Gasteiger partial charge is 0.439 e. The molecule has 5 aromatic rings. The summed E-state index contributed by atoms with van der Waals surface area (Å²) in [4.78, 5) is 12.3. The van der Waals surface area contributed by atoms with Gasteiger partial charge in [0.25, 0.3) is 0 Å². The first-order valence-corrected chi connectivity index (χ1v) is 9.64. The molecule has 5 rings (SSSR count). The van der Waals surface area contributed by atoms with Gasteiger partial charge < -0.3 is 19.0 Å². The van der Waals surface area contributed by atoms with E-state index in [2.05, 4.69) is 36.0 Å². The van der Waals surface area contributed by atoms with Gasteiger partial charge in [-0.2, -0.15) is 0 Å². The minimum absolute atomic E-state index is 0.388. The topological polar surface area (TPSA) is 86.1 Å². The third kappa shape index (κ3) is 3.26. The fourth-order valence-corrected chi connectivity index (χ4v) is 3.62. The molecule has 0 amide bonds. The summed E-state index contributed by atoms with van der Waals surface area (Å²) in [5.74, 6) is 1.21. The molecular weight excluding hydrogens is 436 g/mol. The smallest absolute Gasteiger partial charge is 0.219 e. The molecule has 0 aliphatic carbocycles. The van der Waals surface area contributed by atoms with E-state index in [1.54, 1.807) is 25.6 Å². The standard InChI is InChI=1S/C21H15BrN4O3/c1-27-11-15-20-14-8-13(29-19-5-2-12(22)9-23-19)3-4-16(14)25-18(20)10-24-21(15)17-6-7-28-26-17/h2-10,25H,11H2,1H3. The minimum Gasteiger partial charge on any atom is -0.439 e. The zero-order valence-corrected chi connectivity index (χ0v) is 16.9. The lowest BCUT2D eigenvalue weighted by molar-refractivity contribution is 0.186. The second-order valence-corrected chi connectivity index (χ2v) is 7.36. The summed E-state index contributed by atoms with van der Waals surface area (Å²) >= 11 is 3.38. The number of aromatic amines is 1. The van der Waals surface area contributed by atoms with Gasteiger partial charge in [-0.15, -0.1) is 0 Å². The first-order valence-electron chi connectivity index (χ1n) is 8.85. The van der Waals surface area contributed by atoms with Crippen molar-refractivity contribution in [1.82, 2.24) is 20.1 Å². The molecule has 0 saturated heterocycles. The third-order valence-electron chi connectivity index (χ3n) is 4.60. The molecule has 0 aliphatic heterocycles. The van der Waals surface area contributed by atoms with Crippen molar-refractivity contribution in [3.63, 3.8) is 0 Å². The molecule has 0 bridgehead atoms. The first kappa shape index (κ1) is 17.8. The van der Waals surface area contributed by atoms with Gasteiger partial charge in [0.05, 0.1) is 24.0 Å². The highest BCUT2D eigenvalue weighted by atomic mass is 79.9. The molecular formula is C21H15BrN4O3. The molecule has 1 aromatic carbocycles. The predicted octanol–water partition coefficient (Wildman–Crippen LogP) is 5.47. The van der Waals surface area contributed by atoms with Crippen molar-refractivity contribution in [2.75, 3.05) is 7.11 Å². The Balaban J connectivity index is 1.68. The molecule has 8 heteroatoms. The molecule has 1 N–H and O–H groups in total. The summed E-state index contributed by atoms with van der Waals surface area (Å²) in [6.07, 6.45) is 5.03. The zero-order valence-electron chi connectivity index (χ0n) is 15.3. The molecule has 0 unspecified atom stereocenters. The molecule has 4 aromatic heterocycles. The average Bonchev–Trinajstić information content (AvgIpc) is 3.38. The number of fused-ring (bicyclic) bond motifs is 3. The first-order chi connectivity index (χ1) is 14.2. The van der Waals surface area contributed by atoms with E-state index in [4.69, 9.17) is 14.0 Å². The number of benzene rings is 1. The summed E-state index contributed by atoms with van der Waals surface area (Å²) < 4.78 is 17.3. The Hall–Kier alpha value is -3.23. The number of H-pyrrole nitrogens is 1. The van der Waals surface area contributed by atoms with Crippen molar-refractivity contribution in [1.29, 1.82) is 0 Å². The lowest BCUT2D eigenvalue weighted by Crippen LogP contribution is -1.96. The fourth-order valence-electron chi connectivity index (χ4n) is 3.39. The van der Waals surface area contributed by atoms with Crippen molar-refractivity contribution in [3.05, 3.63) is 65.1 Å². The van der Waals surface area contributed by atoms with Gasteiger partial charge in [-0.25, -0.2) is 4.98 Å². The highest BCUT2D eigenvalue weighted by molar-refractivity contribution is 9.10. The number of hydrogen-bond donors (Lipinski definition) is 1. The van der Waals surface area contributed by atoms with Crippen LogP contribution in [0, 0.1) is 0 Å². The molecule has 0 fully saturated rings. The minimum atomic E-state index is 0.388. The maximum Gasteiger partial charge on any atom is 0.219 e. The molecule has 0 spiro atoms. The van der Waals surface area contributed by atoms with Crippen molar-refractivity contribution >= 4 is 37.7 Å². The van der Waals surface area contributed by atoms with Crippen molar-refractivity contribution in [2.45, 2.75) is 6.61 Å². The van der Waals surface area contributed by atoms with E-state index >= 15 is 0 Å². The van der Waals surface area contributed by atoms with Crippen LogP contribution in [0.5, 0.6) is 11.6 Å². The van der Waals surface area contributed by atoms with Gasteiger partial charge in [0.2, 0.25) is 5.88 Å². The average molecular weight is 451 g/mol. The van der Waals surface area contributed by atoms with E-state index in [9.17, 15) is 0 Å². The maximum atomic E-state index is 5.94. The molecule has 144 valence electrons. The van der Waals surface area contributed by atoms with Crippen LogP contribution in [0.15, 0.2) is 64.1 Å². The normalized spacial score (nSPS) is 11.4. The number of rotatable bonds is 5. The Morgan fingerprint density at radius 3 is 2.76 bits per heavy atom. The van der Waals surface area contributed by atoms with Crippen LogP contribution in [-0.2, 0) is 11.3 Å². The van der Waals surface area contributed by atoms with E-state index in [1.807, 2.05) is 30.3 Å². The number of nitrogens with zero attached hydrogens (tertiary/aromatic N) is 3. The van der Waals surface area contributed by atoms with Crippen LogP contribution in [-0.4, -0.2) is 27.2 Å². The lowest BCUT2D eigenvalue weighted by Gasteiger charge is -2.08. The van der Waals surface area contributed by atoms with Crippen LogP contribution in [0.4, 0.5) is 0 Å². The fraction of sp³-hybridized carbons (Fsp3) is 0.0952. The van der Waals surface area contributed by atoms with E-state index in [-0.39, 0.29) is 0 Å². The van der Waals surface area contributed by atoms with Crippen LogP contribution in [0.25, 0.3) is 33.2 Å².